The van der Waals surface area contributed by atoms with Gasteiger partial charge in [0.05, 0.1) is 12.7 Å². The van der Waals surface area contributed by atoms with Crippen LogP contribution in [0.2, 0.25) is 5.02 Å². The summed E-state index contributed by atoms with van der Waals surface area (Å²) in [5.74, 6) is 0.817. The lowest BCUT2D eigenvalue weighted by Crippen LogP contribution is -2.48. The maximum absolute atomic E-state index is 11.1. The molecule has 1 aromatic rings. The third-order valence-electron chi connectivity index (χ3n) is 4.80. The van der Waals surface area contributed by atoms with E-state index in [-0.39, 0.29) is 0 Å². The number of aliphatic hydroxyl groups is 1. The zero-order valence-electron chi connectivity index (χ0n) is 11.9. The van der Waals surface area contributed by atoms with Gasteiger partial charge in [-0.1, -0.05) is 18.0 Å². The maximum Gasteiger partial charge on any atom is 0.122 e. The van der Waals surface area contributed by atoms with E-state index in [4.69, 9.17) is 16.3 Å². The van der Waals surface area contributed by atoms with Gasteiger partial charge < -0.3 is 9.84 Å². The highest BCUT2D eigenvalue weighted by Crippen LogP contribution is 2.39. The van der Waals surface area contributed by atoms with Gasteiger partial charge in [0.2, 0.25) is 0 Å². The number of hydrogen-bond donors (Lipinski definition) is 1. The van der Waals surface area contributed by atoms with E-state index in [2.05, 4.69) is 4.90 Å². The summed E-state index contributed by atoms with van der Waals surface area (Å²) in [6, 6.07) is 5.92. The van der Waals surface area contributed by atoms with Crippen LogP contribution in [0.15, 0.2) is 18.2 Å². The van der Waals surface area contributed by atoms with E-state index in [0.29, 0.717) is 17.5 Å². The Morgan fingerprint density at radius 2 is 2.25 bits per heavy atom. The van der Waals surface area contributed by atoms with Gasteiger partial charge in [-0.3, -0.25) is 4.90 Å². The molecule has 1 aromatic carbocycles. The van der Waals surface area contributed by atoms with Gasteiger partial charge in [-0.05, 0) is 49.6 Å². The normalized spacial score (nSPS) is 30.2. The van der Waals surface area contributed by atoms with Crippen LogP contribution in [0.5, 0.6) is 5.75 Å². The molecule has 110 valence electrons. The number of piperidine rings is 1. The van der Waals surface area contributed by atoms with Crippen LogP contribution in [0.3, 0.4) is 0 Å². The van der Waals surface area contributed by atoms with Crippen molar-refractivity contribution in [1.29, 1.82) is 0 Å². The van der Waals surface area contributed by atoms with Crippen LogP contribution < -0.4 is 4.74 Å². The standard InChI is InChI=1S/C16H22ClNO2/c1-20-14-6-5-13(17)10-12(14)11-16(19)7-9-18-8-3-2-4-15(16)18/h5-6,10,15,19H,2-4,7-9,11H2,1H3. The zero-order valence-corrected chi connectivity index (χ0v) is 12.7. The highest BCUT2D eigenvalue weighted by Gasteiger charge is 2.46. The van der Waals surface area contributed by atoms with Gasteiger partial charge in [-0.25, -0.2) is 0 Å². The maximum atomic E-state index is 11.1. The van der Waals surface area contributed by atoms with Gasteiger partial charge in [0.1, 0.15) is 5.75 Å². The minimum atomic E-state index is -0.640. The first kappa shape index (κ1) is 14.2. The fourth-order valence-electron chi connectivity index (χ4n) is 3.79. The first-order chi connectivity index (χ1) is 9.62. The summed E-state index contributed by atoms with van der Waals surface area (Å²) in [6.45, 7) is 2.13. The van der Waals surface area contributed by atoms with Crippen LogP contribution in [0, 0.1) is 0 Å². The average Bonchev–Trinajstić information content (AvgIpc) is 2.77. The predicted molar refractivity (Wildman–Crippen MR) is 80.5 cm³/mol. The minimum Gasteiger partial charge on any atom is -0.496 e. The van der Waals surface area contributed by atoms with Gasteiger partial charge in [0.25, 0.3) is 0 Å². The van der Waals surface area contributed by atoms with Crippen molar-refractivity contribution in [3.05, 3.63) is 28.8 Å². The Balaban J connectivity index is 1.84. The van der Waals surface area contributed by atoms with E-state index in [1.165, 1.54) is 12.8 Å². The van der Waals surface area contributed by atoms with Crippen LogP contribution in [0.25, 0.3) is 0 Å². The fraction of sp³-hybridized carbons (Fsp3) is 0.625. The Morgan fingerprint density at radius 1 is 1.40 bits per heavy atom. The third kappa shape index (κ3) is 2.54. The highest BCUT2D eigenvalue weighted by molar-refractivity contribution is 6.30. The lowest BCUT2D eigenvalue weighted by molar-refractivity contribution is -0.00921. The molecule has 3 nitrogen and oxygen atoms in total. The lowest BCUT2D eigenvalue weighted by atomic mass is 9.83. The molecule has 0 amide bonds. The largest absolute Gasteiger partial charge is 0.496 e. The Kier molecular flexibility index (Phi) is 3.93. The van der Waals surface area contributed by atoms with Crippen molar-refractivity contribution >= 4 is 11.6 Å². The van der Waals surface area contributed by atoms with Crippen molar-refractivity contribution in [1.82, 2.24) is 4.90 Å². The molecule has 2 saturated heterocycles. The molecule has 2 aliphatic rings. The van der Waals surface area contributed by atoms with E-state index >= 15 is 0 Å². The molecule has 0 saturated carbocycles. The Hall–Kier alpha value is -0.770. The highest BCUT2D eigenvalue weighted by atomic mass is 35.5. The van der Waals surface area contributed by atoms with Gasteiger partial charge in [-0.2, -0.15) is 0 Å². The molecule has 2 heterocycles. The molecular weight excluding hydrogens is 274 g/mol. The molecule has 0 aromatic heterocycles. The number of rotatable bonds is 3. The number of benzene rings is 1. The number of methoxy groups -OCH3 is 1. The molecule has 2 fully saturated rings. The van der Waals surface area contributed by atoms with Crippen LogP contribution in [-0.4, -0.2) is 41.8 Å². The van der Waals surface area contributed by atoms with E-state index in [1.54, 1.807) is 7.11 Å². The second kappa shape index (κ2) is 5.55. The minimum absolute atomic E-state index is 0.292. The van der Waals surface area contributed by atoms with Crippen LogP contribution >= 0.6 is 11.6 Å². The number of nitrogens with zero attached hydrogens (tertiary/aromatic N) is 1. The average molecular weight is 296 g/mol. The summed E-state index contributed by atoms with van der Waals surface area (Å²) in [6.07, 6.45) is 5.04. The smallest absolute Gasteiger partial charge is 0.122 e. The Morgan fingerprint density at radius 3 is 3.05 bits per heavy atom. The van der Waals surface area contributed by atoms with E-state index < -0.39 is 5.60 Å². The topological polar surface area (TPSA) is 32.7 Å². The van der Waals surface area contributed by atoms with Crippen molar-refractivity contribution in [3.63, 3.8) is 0 Å². The molecule has 2 aliphatic heterocycles. The lowest BCUT2D eigenvalue weighted by Gasteiger charge is -2.37. The molecule has 0 spiro atoms. The third-order valence-corrected chi connectivity index (χ3v) is 5.04. The van der Waals surface area contributed by atoms with Gasteiger partial charge in [0, 0.05) is 24.0 Å². The molecule has 4 heteroatoms. The molecule has 20 heavy (non-hydrogen) atoms. The molecular formula is C16H22ClNO2. The van der Waals surface area contributed by atoms with E-state index in [0.717, 1.165) is 37.2 Å². The molecule has 2 atom stereocenters. The summed E-state index contributed by atoms with van der Waals surface area (Å²) in [5, 5.41) is 11.8. The monoisotopic (exact) mass is 295 g/mol. The van der Waals surface area contributed by atoms with Crippen molar-refractivity contribution in [2.45, 2.75) is 43.7 Å². The number of fused-ring (bicyclic) bond motifs is 1. The van der Waals surface area contributed by atoms with E-state index in [1.807, 2.05) is 18.2 Å². The van der Waals surface area contributed by atoms with Gasteiger partial charge in [-0.15, -0.1) is 0 Å². The van der Waals surface area contributed by atoms with Gasteiger partial charge in [0.15, 0.2) is 0 Å². The fourth-order valence-corrected chi connectivity index (χ4v) is 3.99. The number of hydrogen-bond acceptors (Lipinski definition) is 3. The molecule has 0 radical (unpaired) electrons. The molecule has 0 bridgehead atoms. The summed E-state index contributed by atoms with van der Waals surface area (Å²) in [7, 11) is 1.67. The molecule has 2 unspecified atom stereocenters. The first-order valence-corrected chi connectivity index (χ1v) is 7.79. The zero-order chi connectivity index (χ0) is 14.2. The SMILES string of the molecule is COc1ccc(Cl)cc1CC1(O)CCN2CCCCC21. The van der Waals surface area contributed by atoms with Crippen molar-refractivity contribution in [3.8, 4) is 5.75 Å². The molecule has 0 aliphatic carbocycles. The second-order valence-electron chi connectivity index (χ2n) is 6.03. The molecule has 1 N–H and O–H groups in total. The summed E-state index contributed by atoms with van der Waals surface area (Å²) in [5.41, 5.74) is 0.369. The summed E-state index contributed by atoms with van der Waals surface area (Å²) < 4.78 is 5.41. The molecule has 3 rings (SSSR count). The van der Waals surface area contributed by atoms with Gasteiger partial charge >= 0.3 is 0 Å². The number of halogens is 1. The predicted octanol–water partition coefficient (Wildman–Crippen LogP) is 2.88. The summed E-state index contributed by atoms with van der Waals surface area (Å²) >= 11 is 6.09. The summed E-state index contributed by atoms with van der Waals surface area (Å²) in [4.78, 5) is 2.44. The quantitative estimate of drug-likeness (QED) is 0.931. The first-order valence-electron chi connectivity index (χ1n) is 7.41. The van der Waals surface area contributed by atoms with E-state index in [9.17, 15) is 5.11 Å². The van der Waals surface area contributed by atoms with Crippen molar-refractivity contribution < 1.29 is 9.84 Å². The van der Waals surface area contributed by atoms with Crippen LogP contribution in [0.1, 0.15) is 31.2 Å². The van der Waals surface area contributed by atoms with Crippen molar-refractivity contribution in [2.24, 2.45) is 0 Å². The Bertz CT molecular complexity index is 493. The Labute approximate surface area is 125 Å². The number of ether oxygens (including phenoxy) is 1. The van der Waals surface area contributed by atoms with Crippen LogP contribution in [-0.2, 0) is 6.42 Å². The van der Waals surface area contributed by atoms with Crippen molar-refractivity contribution in [2.75, 3.05) is 20.2 Å². The van der Waals surface area contributed by atoms with Crippen LogP contribution in [0.4, 0.5) is 0 Å². The second-order valence-corrected chi connectivity index (χ2v) is 6.47.